The number of carbonyl (C=O) groups is 1. The topological polar surface area (TPSA) is 29.5 Å². The summed E-state index contributed by atoms with van der Waals surface area (Å²) < 4.78 is 6.13. The van der Waals surface area contributed by atoms with E-state index in [2.05, 4.69) is 25.3 Å². The molecule has 20 heavy (non-hydrogen) atoms. The molecule has 0 aliphatic rings. The zero-order valence-corrected chi connectivity index (χ0v) is 14.5. The van der Waals surface area contributed by atoms with Crippen LogP contribution in [0, 0.1) is 0 Å². The van der Waals surface area contributed by atoms with Crippen molar-refractivity contribution in [1.82, 2.24) is 4.90 Å². The Balaban J connectivity index is 4.34. The van der Waals surface area contributed by atoms with E-state index < -0.39 is 0 Å². The van der Waals surface area contributed by atoms with Crippen molar-refractivity contribution in [2.24, 2.45) is 0 Å². The van der Waals surface area contributed by atoms with Crippen LogP contribution in [-0.2, 0) is 9.53 Å². The third kappa shape index (κ3) is 9.37. The van der Waals surface area contributed by atoms with E-state index in [-0.39, 0.29) is 12.1 Å². The molecule has 0 aromatic heterocycles. The van der Waals surface area contributed by atoms with Crippen LogP contribution < -0.4 is 0 Å². The fourth-order valence-electron chi connectivity index (χ4n) is 1.60. The minimum absolute atomic E-state index is 0.179. The lowest BCUT2D eigenvalue weighted by atomic mass is 10.3. The molecule has 0 N–H and O–H groups in total. The predicted octanol–water partition coefficient (Wildman–Crippen LogP) is 4.02. The molecule has 0 saturated carbocycles. The van der Waals surface area contributed by atoms with Gasteiger partial charge in [0.05, 0.1) is 6.54 Å². The average Bonchev–Trinajstić information content (AvgIpc) is 2.43. The Morgan fingerprint density at radius 1 is 1.40 bits per heavy atom. The maximum absolute atomic E-state index is 11.2. The summed E-state index contributed by atoms with van der Waals surface area (Å²) in [5.41, 5.74) is 0. The molecule has 0 fully saturated rings. The van der Waals surface area contributed by atoms with Crippen LogP contribution in [0.5, 0.6) is 0 Å². The molecule has 5 heteroatoms. The van der Waals surface area contributed by atoms with Crippen LogP contribution in [0.3, 0.4) is 0 Å². The maximum atomic E-state index is 11.2. The fourth-order valence-corrected chi connectivity index (χ4v) is 2.97. The molecule has 1 atom stereocenters. The summed E-state index contributed by atoms with van der Waals surface area (Å²) in [6.07, 6.45) is 5.59. The second-order valence-corrected chi connectivity index (χ2v) is 6.45. The Morgan fingerprint density at radius 3 is 2.60 bits per heavy atom. The van der Waals surface area contributed by atoms with E-state index in [1.54, 1.807) is 11.8 Å². The molecule has 0 aliphatic heterocycles. The van der Waals surface area contributed by atoms with E-state index in [4.69, 9.17) is 17.0 Å². The van der Waals surface area contributed by atoms with E-state index in [1.807, 2.05) is 6.92 Å². The van der Waals surface area contributed by atoms with Gasteiger partial charge in [-0.3, -0.25) is 0 Å². The molecule has 0 heterocycles. The minimum atomic E-state index is -0.377. The van der Waals surface area contributed by atoms with E-state index in [1.165, 1.54) is 18.9 Å². The van der Waals surface area contributed by atoms with Crippen molar-refractivity contribution in [3.8, 4) is 0 Å². The number of hydrogen-bond acceptors (Lipinski definition) is 4. The summed E-state index contributed by atoms with van der Waals surface area (Å²) >= 11 is 7.21. The van der Waals surface area contributed by atoms with Gasteiger partial charge in [-0.1, -0.05) is 57.2 Å². The summed E-state index contributed by atoms with van der Waals surface area (Å²) in [6.45, 7) is 11.2. The van der Waals surface area contributed by atoms with Gasteiger partial charge in [0.15, 0.2) is 0 Å². The summed E-state index contributed by atoms with van der Waals surface area (Å²) in [5, 5.41) is 0. The lowest BCUT2D eigenvalue weighted by Crippen LogP contribution is -2.36. The molecule has 0 spiro atoms. The Bertz CT molecular complexity index is 308. The Kier molecular flexibility index (Phi) is 11.9. The van der Waals surface area contributed by atoms with E-state index in [0.29, 0.717) is 6.54 Å². The number of thioether (sulfide) groups is 1. The minimum Gasteiger partial charge on any atom is -0.458 e. The number of hydrogen-bond donors (Lipinski definition) is 0. The van der Waals surface area contributed by atoms with Crippen molar-refractivity contribution in [2.75, 3.05) is 18.8 Å². The van der Waals surface area contributed by atoms with Crippen molar-refractivity contribution in [3.05, 3.63) is 12.7 Å². The lowest BCUT2D eigenvalue weighted by Gasteiger charge is -2.27. The molecular weight excluding hydrogens is 290 g/mol. The van der Waals surface area contributed by atoms with Crippen LogP contribution in [0.4, 0.5) is 0 Å². The molecule has 0 amide bonds. The van der Waals surface area contributed by atoms with Gasteiger partial charge in [-0.25, -0.2) is 4.79 Å². The molecule has 0 radical (unpaired) electrons. The highest BCUT2D eigenvalue weighted by atomic mass is 32.2. The molecule has 1 unspecified atom stereocenters. The fraction of sp³-hybridized carbons (Fsp3) is 0.733. The van der Waals surface area contributed by atoms with Crippen LogP contribution in [0.25, 0.3) is 0 Å². The summed E-state index contributed by atoms with van der Waals surface area (Å²) in [6, 6.07) is 0. The van der Waals surface area contributed by atoms with E-state index in [9.17, 15) is 4.79 Å². The number of nitrogens with zero attached hydrogens (tertiary/aromatic N) is 1. The molecule has 0 aliphatic carbocycles. The van der Waals surface area contributed by atoms with E-state index >= 15 is 0 Å². The van der Waals surface area contributed by atoms with Gasteiger partial charge in [-0.05, 0) is 19.8 Å². The number of carbonyl (C=O) groups excluding carboxylic acids is 1. The van der Waals surface area contributed by atoms with Crippen LogP contribution >= 0.6 is 24.0 Å². The average molecular weight is 318 g/mol. The summed E-state index contributed by atoms with van der Waals surface area (Å²) in [5.74, 6) is 0.677. The third-order valence-electron chi connectivity index (χ3n) is 2.72. The first-order valence-corrected chi connectivity index (χ1v) is 8.69. The van der Waals surface area contributed by atoms with Gasteiger partial charge >= 0.3 is 5.97 Å². The van der Waals surface area contributed by atoms with Gasteiger partial charge in [-0.15, -0.1) is 0 Å². The number of esters is 1. The molecule has 0 aromatic carbocycles. The largest absolute Gasteiger partial charge is 0.458 e. The first-order valence-electron chi connectivity index (χ1n) is 7.29. The van der Waals surface area contributed by atoms with Crippen LogP contribution in [0.15, 0.2) is 12.7 Å². The number of ether oxygens (including phenoxy) is 1. The van der Waals surface area contributed by atoms with E-state index in [0.717, 1.165) is 29.5 Å². The van der Waals surface area contributed by atoms with Gasteiger partial charge in [0, 0.05) is 18.4 Å². The Hall–Kier alpha value is -0.550. The quantitative estimate of drug-likeness (QED) is 0.263. The highest BCUT2D eigenvalue weighted by molar-refractivity contribution is 8.22. The maximum Gasteiger partial charge on any atom is 0.330 e. The van der Waals surface area contributed by atoms with Crippen LogP contribution in [0.1, 0.15) is 46.5 Å². The zero-order valence-electron chi connectivity index (χ0n) is 12.9. The molecule has 3 nitrogen and oxygen atoms in total. The molecule has 116 valence electrons. The molecule has 0 saturated heterocycles. The van der Waals surface area contributed by atoms with Gasteiger partial charge in [-0.2, -0.15) is 0 Å². The first-order chi connectivity index (χ1) is 9.54. The summed E-state index contributed by atoms with van der Waals surface area (Å²) in [4.78, 5) is 13.4. The molecule has 0 bridgehead atoms. The predicted molar refractivity (Wildman–Crippen MR) is 92.2 cm³/mol. The number of unbranched alkanes of at least 4 members (excludes halogenated alkanes) is 2. The second kappa shape index (κ2) is 12.2. The van der Waals surface area contributed by atoms with Gasteiger partial charge < -0.3 is 9.64 Å². The summed E-state index contributed by atoms with van der Waals surface area (Å²) in [7, 11) is 0. The Morgan fingerprint density at radius 2 is 2.05 bits per heavy atom. The van der Waals surface area contributed by atoms with Crippen molar-refractivity contribution in [3.63, 3.8) is 0 Å². The van der Waals surface area contributed by atoms with Crippen LogP contribution in [-0.4, -0.2) is 40.1 Å². The number of rotatable bonds is 10. The molecule has 0 rings (SSSR count). The standard InChI is InChI=1S/C15H27NO2S2/c1-5-8-10-16(15(19)20-11-9-6-2)12-13(4)18-14(17)7-3/h7,13H,3,5-6,8-12H2,1-2,4H3. The van der Waals surface area contributed by atoms with Gasteiger partial charge in [0.25, 0.3) is 0 Å². The second-order valence-electron chi connectivity index (χ2n) is 4.72. The van der Waals surface area contributed by atoms with Crippen molar-refractivity contribution in [1.29, 1.82) is 0 Å². The highest BCUT2D eigenvalue weighted by Gasteiger charge is 2.15. The third-order valence-corrected chi connectivity index (χ3v) is 4.33. The van der Waals surface area contributed by atoms with Crippen molar-refractivity contribution < 1.29 is 9.53 Å². The molecular formula is C15H27NO2S2. The van der Waals surface area contributed by atoms with Crippen molar-refractivity contribution >= 4 is 34.3 Å². The van der Waals surface area contributed by atoms with Crippen LogP contribution in [0.2, 0.25) is 0 Å². The lowest BCUT2D eigenvalue weighted by molar-refractivity contribution is -0.142. The van der Waals surface area contributed by atoms with Crippen molar-refractivity contribution in [2.45, 2.75) is 52.6 Å². The van der Waals surface area contributed by atoms with Gasteiger partial charge in [0.2, 0.25) is 0 Å². The first kappa shape index (κ1) is 19.4. The normalized spacial score (nSPS) is 11.8. The SMILES string of the molecule is C=CC(=O)OC(C)CN(CCCC)C(=S)SCCCC. The molecule has 0 aromatic rings. The van der Waals surface area contributed by atoms with Gasteiger partial charge in [0.1, 0.15) is 10.4 Å². The highest BCUT2D eigenvalue weighted by Crippen LogP contribution is 2.14. The monoisotopic (exact) mass is 317 g/mol. The number of thiocarbonyl (C=S) groups is 1. The smallest absolute Gasteiger partial charge is 0.330 e. The zero-order chi connectivity index (χ0) is 15.4. The Labute approximate surface area is 133 Å².